The first kappa shape index (κ1) is 17.2. The van der Waals surface area contributed by atoms with Crippen molar-refractivity contribution in [3.8, 4) is 0 Å². The highest BCUT2D eigenvalue weighted by molar-refractivity contribution is 9.10. The molecule has 0 saturated heterocycles. The van der Waals surface area contributed by atoms with Crippen molar-refractivity contribution in [1.82, 2.24) is 4.90 Å². The molecular formula is C18H19BrN2O2S. The number of fused-ring (bicyclic) bond motifs is 1. The van der Waals surface area contributed by atoms with Gasteiger partial charge in [-0.05, 0) is 61.6 Å². The lowest BCUT2D eigenvalue weighted by Crippen LogP contribution is -2.34. The minimum absolute atomic E-state index is 0.0386. The molecule has 2 amide bonds. The first-order valence-electron chi connectivity index (χ1n) is 7.87. The Balaban J connectivity index is 1.61. The molecule has 0 atom stereocenters. The first-order valence-corrected chi connectivity index (χ1v) is 9.48. The van der Waals surface area contributed by atoms with Crippen molar-refractivity contribution in [1.29, 1.82) is 0 Å². The Labute approximate surface area is 154 Å². The summed E-state index contributed by atoms with van der Waals surface area (Å²) in [6.07, 6.45) is 3.31. The van der Waals surface area contributed by atoms with E-state index in [9.17, 15) is 9.59 Å². The molecule has 126 valence electrons. The van der Waals surface area contributed by atoms with E-state index >= 15 is 0 Å². The van der Waals surface area contributed by atoms with E-state index in [1.54, 1.807) is 18.4 Å². The zero-order valence-electron chi connectivity index (χ0n) is 13.7. The number of hydrogen-bond donors (Lipinski definition) is 1. The maximum Gasteiger partial charge on any atom is 0.264 e. The van der Waals surface area contributed by atoms with Gasteiger partial charge in [-0.2, -0.15) is 0 Å². The average Bonchev–Trinajstić information content (AvgIpc) is 3.10. The van der Waals surface area contributed by atoms with Crippen LogP contribution in [0.3, 0.4) is 0 Å². The van der Waals surface area contributed by atoms with Gasteiger partial charge < -0.3 is 10.2 Å². The van der Waals surface area contributed by atoms with E-state index in [4.69, 9.17) is 0 Å². The minimum Gasteiger partial charge on any atom is -0.332 e. The zero-order valence-corrected chi connectivity index (χ0v) is 16.1. The molecule has 0 bridgehead atoms. The standard InChI is InChI=1S/C18H19BrN2O2S/c1-11-8-13(19)6-7-14(11)20-17(22)10-21(2)18(23)16-9-12-4-3-5-15(12)24-16/h6-9H,3-5,10H2,1-2H3,(H,20,22). The van der Waals surface area contributed by atoms with Gasteiger partial charge in [0.1, 0.15) is 0 Å². The Kier molecular flexibility index (Phi) is 5.06. The topological polar surface area (TPSA) is 49.4 Å². The van der Waals surface area contributed by atoms with Crippen molar-refractivity contribution in [2.45, 2.75) is 26.2 Å². The number of anilines is 1. The molecule has 0 radical (unpaired) electrons. The quantitative estimate of drug-likeness (QED) is 0.833. The zero-order chi connectivity index (χ0) is 17.3. The number of hydrogen-bond acceptors (Lipinski definition) is 3. The van der Waals surface area contributed by atoms with E-state index in [0.29, 0.717) is 0 Å². The number of benzene rings is 1. The van der Waals surface area contributed by atoms with E-state index < -0.39 is 0 Å². The van der Waals surface area contributed by atoms with Gasteiger partial charge in [0.25, 0.3) is 5.91 Å². The summed E-state index contributed by atoms with van der Waals surface area (Å²) < 4.78 is 0.969. The monoisotopic (exact) mass is 406 g/mol. The maximum atomic E-state index is 12.5. The molecular weight excluding hydrogens is 388 g/mol. The Morgan fingerprint density at radius 1 is 1.29 bits per heavy atom. The van der Waals surface area contributed by atoms with E-state index in [1.165, 1.54) is 21.8 Å². The van der Waals surface area contributed by atoms with E-state index in [2.05, 4.69) is 21.2 Å². The molecule has 1 aliphatic carbocycles. The summed E-state index contributed by atoms with van der Waals surface area (Å²) in [5.74, 6) is -0.280. The molecule has 0 unspecified atom stereocenters. The lowest BCUT2D eigenvalue weighted by atomic mass is 10.2. The lowest BCUT2D eigenvalue weighted by molar-refractivity contribution is -0.116. The van der Waals surface area contributed by atoms with Crippen molar-refractivity contribution < 1.29 is 9.59 Å². The predicted octanol–water partition coefficient (Wildman–Crippen LogP) is 4.02. The van der Waals surface area contributed by atoms with Crippen molar-refractivity contribution >= 4 is 44.8 Å². The largest absolute Gasteiger partial charge is 0.332 e. The Bertz CT molecular complexity index is 779. The molecule has 1 aromatic heterocycles. The third-order valence-corrected chi connectivity index (χ3v) is 5.87. The molecule has 2 aromatic rings. The molecule has 6 heteroatoms. The van der Waals surface area contributed by atoms with Gasteiger partial charge in [0, 0.05) is 22.1 Å². The van der Waals surface area contributed by atoms with Crippen molar-refractivity contribution in [3.05, 3.63) is 49.6 Å². The number of carbonyl (C=O) groups is 2. The summed E-state index contributed by atoms with van der Waals surface area (Å²) in [6, 6.07) is 7.66. The second-order valence-electron chi connectivity index (χ2n) is 6.08. The summed E-state index contributed by atoms with van der Waals surface area (Å²) in [7, 11) is 1.67. The molecule has 0 aliphatic heterocycles. The molecule has 0 saturated carbocycles. The van der Waals surface area contributed by atoms with Crippen LogP contribution in [0.5, 0.6) is 0 Å². The van der Waals surface area contributed by atoms with Crippen LogP contribution >= 0.6 is 27.3 Å². The molecule has 1 aromatic carbocycles. The number of halogens is 1. The van der Waals surface area contributed by atoms with Crippen molar-refractivity contribution in [3.63, 3.8) is 0 Å². The lowest BCUT2D eigenvalue weighted by Gasteiger charge is -2.16. The number of thiophene rings is 1. The van der Waals surface area contributed by atoms with Gasteiger partial charge in [-0.25, -0.2) is 0 Å². The predicted molar refractivity (Wildman–Crippen MR) is 101 cm³/mol. The summed E-state index contributed by atoms with van der Waals surface area (Å²) in [6.45, 7) is 1.97. The number of aryl methyl sites for hydroxylation is 3. The van der Waals surface area contributed by atoms with Crippen molar-refractivity contribution in [2.75, 3.05) is 18.9 Å². The molecule has 0 spiro atoms. The van der Waals surface area contributed by atoms with Crippen LogP contribution in [0.25, 0.3) is 0 Å². The highest BCUT2D eigenvalue weighted by Gasteiger charge is 2.21. The molecule has 3 rings (SSSR count). The Hall–Kier alpha value is -1.66. The van der Waals surface area contributed by atoms with Gasteiger partial charge in [-0.15, -0.1) is 11.3 Å². The smallest absolute Gasteiger partial charge is 0.264 e. The minimum atomic E-state index is -0.194. The van der Waals surface area contributed by atoms with Crippen LogP contribution in [0, 0.1) is 6.92 Å². The fraction of sp³-hybridized carbons (Fsp3) is 0.333. The Morgan fingerprint density at radius 3 is 2.79 bits per heavy atom. The van der Waals surface area contributed by atoms with Gasteiger partial charge in [0.05, 0.1) is 11.4 Å². The van der Waals surface area contributed by atoms with Crippen LogP contribution in [-0.4, -0.2) is 30.3 Å². The highest BCUT2D eigenvalue weighted by Crippen LogP contribution is 2.31. The second-order valence-corrected chi connectivity index (χ2v) is 8.13. The second kappa shape index (κ2) is 7.07. The molecule has 4 nitrogen and oxygen atoms in total. The van der Waals surface area contributed by atoms with Crippen LogP contribution in [0.2, 0.25) is 0 Å². The van der Waals surface area contributed by atoms with Gasteiger partial charge in [0.15, 0.2) is 0 Å². The molecule has 0 fully saturated rings. The maximum absolute atomic E-state index is 12.5. The van der Waals surface area contributed by atoms with Crippen LogP contribution in [0.4, 0.5) is 5.69 Å². The van der Waals surface area contributed by atoms with Gasteiger partial charge >= 0.3 is 0 Å². The van der Waals surface area contributed by atoms with Crippen LogP contribution in [0.1, 0.15) is 32.1 Å². The molecule has 1 N–H and O–H groups in total. The number of nitrogens with zero attached hydrogens (tertiary/aromatic N) is 1. The third-order valence-electron chi connectivity index (χ3n) is 4.15. The summed E-state index contributed by atoms with van der Waals surface area (Å²) in [4.78, 5) is 28.3. The fourth-order valence-electron chi connectivity index (χ4n) is 2.87. The fourth-order valence-corrected chi connectivity index (χ4v) is 4.59. The number of amides is 2. The summed E-state index contributed by atoms with van der Waals surface area (Å²) in [5.41, 5.74) is 3.03. The van der Waals surface area contributed by atoms with Crippen molar-refractivity contribution in [2.24, 2.45) is 0 Å². The van der Waals surface area contributed by atoms with E-state index in [0.717, 1.165) is 33.4 Å². The van der Waals surface area contributed by atoms with Gasteiger partial charge in [0.2, 0.25) is 5.91 Å². The van der Waals surface area contributed by atoms with Gasteiger partial charge in [-0.3, -0.25) is 9.59 Å². The van der Waals surface area contributed by atoms with Crippen LogP contribution < -0.4 is 5.32 Å². The number of rotatable bonds is 4. The summed E-state index contributed by atoms with van der Waals surface area (Å²) in [5, 5.41) is 2.86. The highest BCUT2D eigenvalue weighted by atomic mass is 79.9. The number of carbonyl (C=O) groups excluding carboxylic acids is 2. The average molecular weight is 407 g/mol. The molecule has 24 heavy (non-hydrogen) atoms. The third kappa shape index (κ3) is 3.70. The van der Waals surface area contributed by atoms with Crippen LogP contribution in [0.15, 0.2) is 28.7 Å². The van der Waals surface area contributed by atoms with Crippen LogP contribution in [-0.2, 0) is 17.6 Å². The van der Waals surface area contributed by atoms with E-state index in [-0.39, 0.29) is 18.4 Å². The normalized spacial score (nSPS) is 12.8. The Morgan fingerprint density at radius 2 is 2.08 bits per heavy atom. The number of likely N-dealkylation sites (N-methyl/N-ethyl adjacent to an activating group) is 1. The molecule has 1 aliphatic rings. The first-order chi connectivity index (χ1) is 11.4. The van der Waals surface area contributed by atoms with Gasteiger partial charge in [-0.1, -0.05) is 15.9 Å². The SMILES string of the molecule is Cc1cc(Br)ccc1NC(=O)CN(C)C(=O)c1cc2c(s1)CCC2. The van der Waals surface area contributed by atoms with E-state index in [1.807, 2.05) is 31.2 Å². The molecule has 1 heterocycles. The summed E-state index contributed by atoms with van der Waals surface area (Å²) >= 11 is 4.97. The number of nitrogens with one attached hydrogen (secondary N) is 1.